The van der Waals surface area contributed by atoms with Crippen LogP contribution in [0.5, 0.6) is 11.5 Å². The highest BCUT2D eigenvalue weighted by Gasteiger charge is 2.23. The highest BCUT2D eigenvalue weighted by Crippen LogP contribution is 2.27. The minimum atomic E-state index is -0.260. The Labute approximate surface area is 122 Å². The molecule has 0 saturated carbocycles. The summed E-state index contributed by atoms with van der Waals surface area (Å²) >= 11 is 3.42. The van der Waals surface area contributed by atoms with Gasteiger partial charge in [-0.2, -0.15) is 0 Å². The van der Waals surface area contributed by atoms with Crippen molar-refractivity contribution < 1.29 is 14.3 Å². The summed E-state index contributed by atoms with van der Waals surface area (Å²) in [5.41, 5.74) is 0.294. The van der Waals surface area contributed by atoms with Crippen molar-refractivity contribution >= 4 is 21.8 Å². The first kappa shape index (κ1) is 15.8. The van der Waals surface area contributed by atoms with E-state index in [9.17, 15) is 4.79 Å². The number of hydrogen-bond donors (Lipinski definition) is 1. The summed E-state index contributed by atoms with van der Waals surface area (Å²) in [5, 5.41) is 3.72. The van der Waals surface area contributed by atoms with E-state index in [0.29, 0.717) is 22.4 Å². The summed E-state index contributed by atoms with van der Waals surface area (Å²) < 4.78 is 10.3. The first-order valence-electron chi connectivity index (χ1n) is 6.10. The molecule has 0 saturated heterocycles. The molecular formula is C14H20BrNO3. The van der Waals surface area contributed by atoms with E-state index in [1.165, 1.54) is 0 Å². The molecular weight excluding hydrogens is 310 g/mol. The number of halogens is 1. The molecule has 0 spiro atoms. The molecule has 106 valence electrons. The number of carbonyl (C=O) groups excluding carboxylic acids is 1. The van der Waals surface area contributed by atoms with Crippen molar-refractivity contribution in [2.45, 2.75) is 25.8 Å². The highest BCUT2D eigenvalue weighted by atomic mass is 79.9. The average Bonchev–Trinajstić information content (AvgIpc) is 2.46. The van der Waals surface area contributed by atoms with Crippen LogP contribution >= 0.6 is 15.9 Å². The van der Waals surface area contributed by atoms with Crippen LogP contribution in [0.2, 0.25) is 0 Å². The van der Waals surface area contributed by atoms with Crippen LogP contribution in [0.4, 0.5) is 0 Å². The van der Waals surface area contributed by atoms with E-state index in [0.717, 1.165) is 6.42 Å². The number of rotatable bonds is 6. The summed E-state index contributed by atoms with van der Waals surface area (Å²) in [6.07, 6.45) is 0.845. The van der Waals surface area contributed by atoms with Crippen LogP contribution < -0.4 is 14.8 Å². The molecule has 1 N–H and O–H groups in total. The van der Waals surface area contributed by atoms with E-state index in [1.54, 1.807) is 32.4 Å². The third kappa shape index (κ3) is 3.86. The number of hydrogen-bond acceptors (Lipinski definition) is 3. The maximum Gasteiger partial charge on any atom is 0.251 e. The minimum absolute atomic E-state index is 0.121. The molecule has 1 unspecified atom stereocenters. The fourth-order valence-electron chi connectivity index (χ4n) is 1.54. The Kier molecular flexibility index (Phi) is 5.66. The molecule has 1 atom stereocenters. The maximum atomic E-state index is 12.2. The van der Waals surface area contributed by atoms with E-state index in [4.69, 9.17) is 9.47 Å². The van der Waals surface area contributed by atoms with E-state index in [1.807, 2.05) is 13.8 Å². The number of nitrogens with one attached hydrogen (secondary N) is 1. The van der Waals surface area contributed by atoms with E-state index in [-0.39, 0.29) is 11.4 Å². The van der Waals surface area contributed by atoms with Crippen molar-refractivity contribution in [3.63, 3.8) is 0 Å². The van der Waals surface area contributed by atoms with Crippen LogP contribution in [-0.2, 0) is 0 Å². The molecule has 0 fully saturated rings. The Morgan fingerprint density at radius 3 is 2.42 bits per heavy atom. The van der Waals surface area contributed by atoms with Gasteiger partial charge >= 0.3 is 0 Å². The molecule has 0 aliphatic rings. The Morgan fingerprint density at radius 2 is 1.95 bits per heavy atom. The van der Waals surface area contributed by atoms with Crippen molar-refractivity contribution in [2.24, 2.45) is 0 Å². The first-order chi connectivity index (χ1) is 8.99. The molecule has 0 aliphatic carbocycles. The molecule has 1 aromatic rings. The van der Waals surface area contributed by atoms with Crippen molar-refractivity contribution in [1.29, 1.82) is 0 Å². The van der Waals surface area contributed by atoms with Crippen molar-refractivity contribution in [3.05, 3.63) is 23.8 Å². The zero-order valence-electron chi connectivity index (χ0n) is 11.7. The third-order valence-electron chi connectivity index (χ3n) is 3.14. The van der Waals surface area contributed by atoms with Gasteiger partial charge in [-0.3, -0.25) is 4.79 Å². The van der Waals surface area contributed by atoms with E-state index < -0.39 is 0 Å². The Hall–Kier alpha value is -1.23. The first-order valence-corrected chi connectivity index (χ1v) is 7.22. The minimum Gasteiger partial charge on any atom is -0.493 e. The van der Waals surface area contributed by atoms with Gasteiger partial charge in [-0.05, 0) is 31.5 Å². The summed E-state index contributed by atoms with van der Waals surface area (Å²) in [4.78, 5) is 12.2. The van der Waals surface area contributed by atoms with Crippen molar-refractivity contribution in [1.82, 2.24) is 5.32 Å². The summed E-state index contributed by atoms with van der Waals surface area (Å²) in [6.45, 7) is 4.04. The number of methoxy groups -OCH3 is 2. The number of ether oxygens (including phenoxy) is 2. The van der Waals surface area contributed by atoms with E-state index in [2.05, 4.69) is 21.2 Å². The van der Waals surface area contributed by atoms with Crippen LogP contribution in [0, 0.1) is 0 Å². The lowest BCUT2D eigenvalue weighted by Gasteiger charge is -2.27. The predicted octanol–water partition coefficient (Wildman–Crippen LogP) is 3.00. The molecule has 0 aliphatic heterocycles. The van der Waals surface area contributed by atoms with Gasteiger partial charge in [0.1, 0.15) is 0 Å². The molecule has 0 aromatic heterocycles. The molecule has 0 heterocycles. The Balaban J connectivity index is 2.94. The average molecular weight is 330 g/mol. The standard InChI is InChI=1S/C14H20BrNO3/c1-5-14(2,9-15)16-13(17)10-6-7-11(18-3)12(8-10)19-4/h6-8H,5,9H2,1-4H3,(H,16,17). The molecule has 0 bridgehead atoms. The molecule has 0 radical (unpaired) electrons. The van der Waals surface area contributed by atoms with Crippen LogP contribution in [-0.4, -0.2) is 31.0 Å². The topological polar surface area (TPSA) is 47.6 Å². The van der Waals surface area contributed by atoms with Gasteiger partial charge in [-0.15, -0.1) is 0 Å². The smallest absolute Gasteiger partial charge is 0.251 e. The van der Waals surface area contributed by atoms with Crippen LogP contribution in [0.3, 0.4) is 0 Å². The van der Waals surface area contributed by atoms with E-state index >= 15 is 0 Å². The second-order valence-corrected chi connectivity index (χ2v) is 5.13. The molecule has 5 heteroatoms. The number of benzene rings is 1. The van der Waals surface area contributed by atoms with Crippen molar-refractivity contribution in [2.75, 3.05) is 19.5 Å². The molecule has 1 aromatic carbocycles. The highest BCUT2D eigenvalue weighted by molar-refractivity contribution is 9.09. The molecule has 1 rings (SSSR count). The van der Waals surface area contributed by atoms with Gasteiger partial charge in [0, 0.05) is 16.4 Å². The van der Waals surface area contributed by atoms with Crippen LogP contribution in [0.15, 0.2) is 18.2 Å². The lowest BCUT2D eigenvalue weighted by molar-refractivity contribution is 0.0913. The lowest BCUT2D eigenvalue weighted by atomic mass is 10.0. The van der Waals surface area contributed by atoms with Gasteiger partial charge in [-0.1, -0.05) is 22.9 Å². The largest absolute Gasteiger partial charge is 0.493 e. The van der Waals surface area contributed by atoms with Gasteiger partial charge < -0.3 is 14.8 Å². The van der Waals surface area contributed by atoms with Gasteiger partial charge in [-0.25, -0.2) is 0 Å². The molecule has 1 amide bonds. The molecule has 19 heavy (non-hydrogen) atoms. The Morgan fingerprint density at radius 1 is 1.32 bits per heavy atom. The number of alkyl halides is 1. The van der Waals surface area contributed by atoms with Crippen molar-refractivity contribution in [3.8, 4) is 11.5 Å². The predicted molar refractivity (Wildman–Crippen MR) is 79.5 cm³/mol. The fraction of sp³-hybridized carbons (Fsp3) is 0.500. The third-order valence-corrected chi connectivity index (χ3v) is 4.37. The fourth-order valence-corrected chi connectivity index (χ4v) is 2.08. The monoisotopic (exact) mass is 329 g/mol. The van der Waals surface area contributed by atoms with Crippen LogP contribution in [0.25, 0.3) is 0 Å². The van der Waals surface area contributed by atoms with Gasteiger partial charge in [0.15, 0.2) is 11.5 Å². The summed E-state index contributed by atoms with van der Waals surface area (Å²) in [6, 6.07) is 5.13. The summed E-state index contributed by atoms with van der Waals surface area (Å²) in [5.74, 6) is 1.04. The van der Waals surface area contributed by atoms with Gasteiger partial charge in [0.2, 0.25) is 0 Å². The quantitative estimate of drug-likeness (QED) is 0.816. The van der Waals surface area contributed by atoms with Gasteiger partial charge in [0.05, 0.1) is 14.2 Å². The SMILES string of the molecule is CCC(C)(CBr)NC(=O)c1ccc(OC)c(OC)c1. The molecule has 4 nitrogen and oxygen atoms in total. The lowest BCUT2D eigenvalue weighted by Crippen LogP contribution is -2.46. The number of amides is 1. The second-order valence-electron chi connectivity index (χ2n) is 4.57. The summed E-state index contributed by atoms with van der Waals surface area (Å²) in [7, 11) is 3.12. The Bertz CT molecular complexity index is 444. The van der Waals surface area contributed by atoms with Gasteiger partial charge in [0.25, 0.3) is 5.91 Å². The number of carbonyl (C=O) groups is 1. The zero-order chi connectivity index (χ0) is 14.5. The maximum absolute atomic E-state index is 12.2. The second kappa shape index (κ2) is 6.80. The van der Waals surface area contributed by atoms with Crippen LogP contribution in [0.1, 0.15) is 30.6 Å². The zero-order valence-corrected chi connectivity index (χ0v) is 13.3. The normalized spacial score (nSPS) is 13.5.